The molecule has 0 saturated heterocycles. The lowest BCUT2D eigenvalue weighted by Gasteiger charge is -2.19. The first-order chi connectivity index (χ1) is 10.7. The Kier molecular flexibility index (Phi) is 3.16. The summed E-state index contributed by atoms with van der Waals surface area (Å²) in [4.78, 5) is 13.1. The maximum absolute atomic E-state index is 6.10. The van der Waals surface area contributed by atoms with E-state index in [2.05, 4.69) is 40.1 Å². The van der Waals surface area contributed by atoms with Gasteiger partial charge in [-0.2, -0.15) is 9.97 Å². The van der Waals surface area contributed by atoms with Gasteiger partial charge < -0.3 is 0 Å². The second-order valence-electron chi connectivity index (χ2n) is 5.60. The molecule has 0 atom stereocenters. The van der Waals surface area contributed by atoms with Crippen molar-refractivity contribution in [2.45, 2.75) is 19.8 Å². The van der Waals surface area contributed by atoms with Gasteiger partial charge >= 0.3 is 0 Å². The monoisotopic (exact) mass is 307 g/mol. The molecule has 1 aromatic heterocycles. The highest BCUT2D eigenvalue weighted by atomic mass is 35.5. The van der Waals surface area contributed by atoms with Crippen LogP contribution in [0, 0.1) is 6.92 Å². The molecule has 108 valence electrons. The largest absolute Gasteiger partial charge is 0.226 e. The van der Waals surface area contributed by atoms with Gasteiger partial charge in [-0.05, 0) is 48.6 Å². The van der Waals surface area contributed by atoms with Crippen LogP contribution in [-0.2, 0) is 12.8 Å². The molecule has 0 fully saturated rings. The van der Waals surface area contributed by atoms with Gasteiger partial charge in [-0.25, -0.2) is 4.98 Å². The summed E-state index contributed by atoms with van der Waals surface area (Å²) in [6.07, 6.45) is 2.30. The van der Waals surface area contributed by atoms with Crippen LogP contribution < -0.4 is 0 Å². The zero-order chi connectivity index (χ0) is 15.1. The fourth-order valence-corrected chi connectivity index (χ4v) is 2.81. The van der Waals surface area contributed by atoms with Crippen LogP contribution in [0.3, 0.4) is 0 Å². The van der Waals surface area contributed by atoms with Gasteiger partial charge in [-0.3, -0.25) is 0 Å². The first-order valence-electron chi connectivity index (χ1n) is 7.30. The molecule has 4 heteroatoms. The highest BCUT2D eigenvalue weighted by Gasteiger charge is 2.15. The Labute approximate surface area is 134 Å². The van der Waals surface area contributed by atoms with Crippen molar-refractivity contribution in [3.8, 4) is 22.8 Å². The highest BCUT2D eigenvalue weighted by Crippen LogP contribution is 2.28. The van der Waals surface area contributed by atoms with Crippen molar-refractivity contribution in [3.63, 3.8) is 0 Å². The number of aromatic nitrogens is 3. The number of aryl methyl sites for hydroxylation is 3. The zero-order valence-corrected chi connectivity index (χ0v) is 12.9. The SMILES string of the molecule is Cc1ccc(-c2nc(Cl)nc(-c3ccc4c(c3)CC4)n2)cc1. The maximum Gasteiger partial charge on any atom is 0.226 e. The van der Waals surface area contributed by atoms with E-state index in [-0.39, 0.29) is 5.28 Å². The molecule has 2 aromatic carbocycles. The molecule has 4 rings (SSSR count). The molecule has 0 unspecified atom stereocenters. The van der Waals surface area contributed by atoms with Crippen LogP contribution in [0.5, 0.6) is 0 Å². The number of hydrogen-bond donors (Lipinski definition) is 0. The minimum Gasteiger partial charge on any atom is -0.208 e. The topological polar surface area (TPSA) is 38.7 Å². The van der Waals surface area contributed by atoms with Crippen LogP contribution in [-0.4, -0.2) is 15.0 Å². The minimum atomic E-state index is 0.225. The number of benzene rings is 2. The Hall–Kier alpha value is -2.26. The Morgan fingerprint density at radius 1 is 0.773 bits per heavy atom. The van der Waals surface area contributed by atoms with E-state index in [1.807, 2.05) is 24.3 Å². The molecule has 0 N–H and O–H groups in total. The van der Waals surface area contributed by atoms with Gasteiger partial charge in [0.15, 0.2) is 11.6 Å². The predicted molar refractivity (Wildman–Crippen MR) is 87.9 cm³/mol. The Morgan fingerprint density at radius 2 is 1.41 bits per heavy atom. The second kappa shape index (κ2) is 5.18. The van der Waals surface area contributed by atoms with Gasteiger partial charge in [0.1, 0.15) is 0 Å². The molecule has 0 amide bonds. The van der Waals surface area contributed by atoms with Gasteiger partial charge in [0.2, 0.25) is 5.28 Å². The van der Waals surface area contributed by atoms with Gasteiger partial charge in [-0.15, -0.1) is 0 Å². The lowest BCUT2D eigenvalue weighted by atomic mass is 9.87. The molecule has 22 heavy (non-hydrogen) atoms. The first-order valence-corrected chi connectivity index (χ1v) is 7.68. The van der Waals surface area contributed by atoms with E-state index in [4.69, 9.17) is 11.6 Å². The highest BCUT2D eigenvalue weighted by molar-refractivity contribution is 6.28. The third-order valence-corrected chi connectivity index (χ3v) is 4.22. The van der Waals surface area contributed by atoms with Crippen molar-refractivity contribution < 1.29 is 0 Å². The molecule has 1 aliphatic rings. The zero-order valence-electron chi connectivity index (χ0n) is 12.2. The fraction of sp³-hybridized carbons (Fsp3) is 0.167. The molecule has 0 saturated carbocycles. The van der Waals surface area contributed by atoms with Crippen LogP contribution in [0.15, 0.2) is 42.5 Å². The Balaban J connectivity index is 1.80. The van der Waals surface area contributed by atoms with E-state index < -0.39 is 0 Å². The smallest absolute Gasteiger partial charge is 0.208 e. The lowest BCUT2D eigenvalue weighted by molar-refractivity contribution is 0.839. The van der Waals surface area contributed by atoms with Crippen molar-refractivity contribution in [1.82, 2.24) is 15.0 Å². The Bertz CT molecular complexity index is 857. The van der Waals surface area contributed by atoms with Crippen molar-refractivity contribution in [1.29, 1.82) is 0 Å². The number of fused-ring (bicyclic) bond motifs is 1. The molecule has 1 heterocycles. The maximum atomic E-state index is 6.10. The summed E-state index contributed by atoms with van der Waals surface area (Å²) >= 11 is 6.10. The lowest BCUT2D eigenvalue weighted by Crippen LogP contribution is -2.08. The van der Waals surface area contributed by atoms with Gasteiger partial charge in [0.25, 0.3) is 0 Å². The molecule has 0 aliphatic heterocycles. The summed E-state index contributed by atoms with van der Waals surface area (Å²) in [6, 6.07) is 14.4. The molecule has 3 nitrogen and oxygen atoms in total. The van der Waals surface area contributed by atoms with Gasteiger partial charge in [0, 0.05) is 11.1 Å². The van der Waals surface area contributed by atoms with Crippen molar-refractivity contribution in [2.24, 2.45) is 0 Å². The minimum absolute atomic E-state index is 0.225. The normalized spacial score (nSPS) is 12.6. The molecule has 1 aliphatic carbocycles. The quantitative estimate of drug-likeness (QED) is 0.710. The van der Waals surface area contributed by atoms with Crippen LogP contribution in [0.25, 0.3) is 22.8 Å². The van der Waals surface area contributed by atoms with Crippen molar-refractivity contribution >= 4 is 11.6 Å². The summed E-state index contributed by atoms with van der Waals surface area (Å²) in [6.45, 7) is 2.05. The van der Waals surface area contributed by atoms with Gasteiger partial charge in [0.05, 0.1) is 0 Å². The number of halogens is 1. The van der Waals surface area contributed by atoms with Crippen molar-refractivity contribution in [3.05, 3.63) is 64.4 Å². The summed E-state index contributed by atoms with van der Waals surface area (Å²) in [5, 5.41) is 0.225. The summed E-state index contributed by atoms with van der Waals surface area (Å²) in [7, 11) is 0. The van der Waals surface area contributed by atoms with Crippen LogP contribution in [0.4, 0.5) is 0 Å². The van der Waals surface area contributed by atoms with Crippen LogP contribution in [0.2, 0.25) is 5.28 Å². The predicted octanol–water partition coefficient (Wildman–Crippen LogP) is 4.27. The number of rotatable bonds is 2. The van der Waals surface area contributed by atoms with Gasteiger partial charge in [-0.1, -0.05) is 42.0 Å². The molecule has 0 spiro atoms. The number of nitrogens with zero attached hydrogens (tertiary/aromatic N) is 3. The molecule has 0 bridgehead atoms. The van der Waals surface area contributed by atoms with E-state index in [1.54, 1.807) is 0 Å². The van der Waals surface area contributed by atoms with Crippen LogP contribution in [0.1, 0.15) is 16.7 Å². The second-order valence-corrected chi connectivity index (χ2v) is 5.94. The Morgan fingerprint density at radius 3 is 2.05 bits per heavy atom. The van der Waals surface area contributed by atoms with E-state index in [0.29, 0.717) is 11.6 Å². The molecular formula is C18H14ClN3. The van der Waals surface area contributed by atoms with Crippen LogP contribution >= 0.6 is 11.6 Å². The summed E-state index contributed by atoms with van der Waals surface area (Å²) < 4.78 is 0. The van der Waals surface area contributed by atoms with E-state index in [1.165, 1.54) is 23.1 Å². The molecular weight excluding hydrogens is 294 g/mol. The van der Waals surface area contributed by atoms with E-state index >= 15 is 0 Å². The van der Waals surface area contributed by atoms with E-state index in [9.17, 15) is 0 Å². The molecule has 0 radical (unpaired) electrons. The third kappa shape index (κ3) is 2.38. The van der Waals surface area contributed by atoms with E-state index in [0.717, 1.165) is 17.5 Å². The fourth-order valence-electron chi connectivity index (χ4n) is 2.65. The average Bonchev–Trinajstić information content (AvgIpc) is 2.49. The summed E-state index contributed by atoms with van der Waals surface area (Å²) in [5.41, 5.74) is 5.94. The van der Waals surface area contributed by atoms with Crippen molar-refractivity contribution in [2.75, 3.05) is 0 Å². The average molecular weight is 308 g/mol. The first kappa shape index (κ1) is 13.4. The standard InChI is InChI=1S/C18H14ClN3/c1-11-2-4-13(5-3-11)16-20-17(22-18(19)21-16)15-9-7-12-6-8-14(12)10-15/h2-5,7,9-10H,6,8H2,1H3. The number of hydrogen-bond acceptors (Lipinski definition) is 3. The molecule has 3 aromatic rings. The summed E-state index contributed by atoms with van der Waals surface area (Å²) in [5.74, 6) is 1.24. The third-order valence-electron chi connectivity index (χ3n) is 4.05.